The van der Waals surface area contributed by atoms with E-state index in [-0.39, 0.29) is 5.56 Å². The van der Waals surface area contributed by atoms with Crippen molar-refractivity contribution in [2.45, 2.75) is 25.8 Å². The summed E-state index contributed by atoms with van der Waals surface area (Å²) in [5.74, 6) is 0. The molecule has 1 heterocycles. The number of rotatable bonds is 4. The zero-order valence-electron chi connectivity index (χ0n) is 11.2. The van der Waals surface area contributed by atoms with Crippen LogP contribution in [0.5, 0.6) is 0 Å². The quantitative estimate of drug-likeness (QED) is 0.938. The van der Waals surface area contributed by atoms with Gasteiger partial charge in [-0.15, -0.1) is 0 Å². The van der Waals surface area contributed by atoms with Gasteiger partial charge in [-0.25, -0.2) is 0 Å². The molecule has 0 spiro atoms. The second kappa shape index (κ2) is 5.71. The number of pyridine rings is 1. The maximum absolute atomic E-state index is 12.0. The van der Waals surface area contributed by atoms with E-state index in [2.05, 4.69) is 5.32 Å². The van der Waals surface area contributed by atoms with E-state index >= 15 is 0 Å². The minimum absolute atomic E-state index is 0.0959. The molecule has 0 saturated heterocycles. The predicted octanol–water partition coefficient (Wildman–Crippen LogP) is 3.10. The Balaban J connectivity index is 1.70. The average molecular weight is 289 g/mol. The third-order valence-corrected chi connectivity index (χ3v) is 3.97. The largest absolute Gasteiger partial charge is 0.383 e. The first-order valence-electron chi connectivity index (χ1n) is 6.95. The molecular weight excluding hydrogens is 272 g/mol. The first-order valence-corrected chi connectivity index (χ1v) is 7.33. The van der Waals surface area contributed by atoms with E-state index in [0.717, 1.165) is 31.5 Å². The highest BCUT2D eigenvalue weighted by Crippen LogP contribution is 2.20. The van der Waals surface area contributed by atoms with Crippen LogP contribution in [-0.4, -0.2) is 11.1 Å². The van der Waals surface area contributed by atoms with E-state index < -0.39 is 0 Å². The zero-order chi connectivity index (χ0) is 13.9. The van der Waals surface area contributed by atoms with Gasteiger partial charge in [0.2, 0.25) is 0 Å². The van der Waals surface area contributed by atoms with Crippen LogP contribution >= 0.6 is 11.6 Å². The molecule has 3 nitrogen and oxygen atoms in total. The van der Waals surface area contributed by atoms with Crippen molar-refractivity contribution < 1.29 is 0 Å². The normalized spacial score (nSPS) is 13.2. The van der Waals surface area contributed by atoms with E-state index in [1.54, 1.807) is 6.07 Å². The van der Waals surface area contributed by atoms with Crippen molar-refractivity contribution in [1.82, 2.24) is 4.57 Å². The summed E-state index contributed by atoms with van der Waals surface area (Å²) in [5.41, 5.74) is 3.62. The van der Waals surface area contributed by atoms with Crippen LogP contribution in [0.3, 0.4) is 0 Å². The lowest BCUT2D eigenvalue weighted by Gasteiger charge is -2.13. The SMILES string of the molecule is O=c1ccc2c(n1CCNc1cccc(Cl)c1)CCC2. The molecule has 0 aliphatic heterocycles. The maximum atomic E-state index is 12.0. The topological polar surface area (TPSA) is 34.0 Å². The number of nitrogens with one attached hydrogen (secondary N) is 1. The molecule has 0 fully saturated rings. The van der Waals surface area contributed by atoms with Crippen molar-refractivity contribution in [2.75, 3.05) is 11.9 Å². The fourth-order valence-electron chi connectivity index (χ4n) is 2.79. The van der Waals surface area contributed by atoms with Crippen LogP contribution < -0.4 is 10.9 Å². The smallest absolute Gasteiger partial charge is 0.250 e. The monoisotopic (exact) mass is 288 g/mol. The van der Waals surface area contributed by atoms with Crippen molar-refractivity contribution in [1.29, 1.82) is 0 Å². The number of hydrogen-bond donors (Lipinski definition) is 1. The van der Waals surface area contributed by atoms with Gasteiger partial charge < -0.3 is 9.88 Å². The Bertz CT molecular complexity index is 678. The number of fused-ring (bicyclic) bond motifs is 1. The first-order chi connectivity index (χ1) is 9.74. The van der Waals surface area contributed by atoms with Gasteiger partial charge in [0.1, 0.15) is 0 Å². The van der Waals surface area contributed by atoms with Gasteiger partial charge in [0, 0.05) is 35.6 Å². The van der Waals surface area contributed by atoms with Crippen molar-refractivity contribution in [3.8, 4) is 0 Å². The summed E-state index contributed by atoms with van der Waals surface area (Å²) >= 11 is 5.95. The third-order valence-electron chi connectivity index (χ3n) is 3.74. The molecule has 1 aliphatic carbocycles. The van der Waals surface area contributed by atoms with Crippen LogP contribution in [0.15, 0.2) is 41.2 Å². The second-order valence-corrected chi connectivity index (χ2v) is 5.52. The van der Waals surface area contributed by atoms with E-state index in [4.69, 9.17) is 11.6 Å². The Labute approximate surface area is 123 Å². The van der Waals surface area contributed by atoms with Gasteiger partial charge in [-0.3, -0.25) is 4.79 Å². The van der Waals surface area contributed by atoms with Gasteiger partial charge >= 0.3 is 0 Å². The molecule has 1 aromatic carbocycles. The van der Waals surface area contributed by atoms with E-state index in [9.17, 15) is 4.79 Å². The Kier molecular flexibility index (Phi) is 3.79. The molecule has 0 bridgehead atoms. The number of hydrogen-bond acceptors (Lipinski definition) is 2. The molecule has 1 N–H and O–H groups in total. The Morgan fingerprint density at radius 2 is 2.10 bits per heavy atom. The molecule has 0 amide bonds. The average Bonchev–Trinajstić information content (AvgIpc) is 2.90. The minimum atomic E-state index is 0.0959. The lowest BCUT2D eigenvalue weighted by molar-refractivity contribution is 0.659. The first kappa shape index (κ1) is 13.3. The summed E-state index contributed by atoms with van der Waals surface area (Å²) in [4.78, 5) is 12.0. The van der Waals surface area contributed by atoms with Crippen LogP contribution in [-0.2, 0) is 19.4 Å². The summed E-state index contributed by atoms with van der Waals surface area (Å²) in [6.07, 6.45) is 3.26. The minimum Gasteiger partial charge on any atom is -0.383 e. The highest BCUT2D eigenvalue weighted by Gasteiger charge is 2.15. The second-order valence-electron chi connectivity index (χ2n) is 5.09. The van der Waals surface area contributed by atoms with Crippen LogP contribution in [0.1, 0.15) is 17.7 Å². The van der Waals surface area contributed by atoms with Gasteiger partial charge in [-0.2, -0.15) is 0 Å². The number of aryl methyl sites for hydroxylation is 1. The lowest BCUT2D eigenvalue weighted by atomic mass is 10.2. The van der Waals surface area contributed by atoms with Crippen molar-refractivity contribution in [2.24, 2.45) is 0 Å². The van der Waals surface area contributed by atoms with Gasteiger partial charge in [0.05, 0.1) is 0 Å². The van der Waals surface area contributed by atoms with Crippen molar-refractivity contribution in [3.63, 3.8) is 0 Å². The molecule has 2 aromatic rings. The van der Waals surface area contributed by atoms with Gasteiger partial charge in [-0.1, -0.05) is 23.7 Å². The number of benzene rings is 1. The molecule has 104 valence electrons. The Morgan fingerprint density at radius 3 is 2.95 bits per heavy atom. The molecule has 1 aromatic heterocycles. The summed E-state index contributed by atoms with van der Waals surface area (Å²) in [6.45, 7) is 1.41. The van der Waals surface area contributed by atoms with E-state index in [1.807, 2.05) is 34.9 Å². The zero-order valence-corrected chi connectivity index (χ0v) is 12.0. The molecule has 0 atom stereocenters. The standard InChI is InChI=1S/C16H17ClN2O/c17-13-4-2-5-14(11-13)18-9-10-19-15-6-1-3-12(15)7-8-16(19)20/h2,4-5,7-8,11,18H,1,3,6,9-10H2. The van der Waals surface area contributed by atoms with Crippen LogP contribution in [0.2, 0.25) is 5.02 Å². The molecule has 0 unspecified atom stereocenters. The molecule has 0 saturated carbocycles. The number of halogens is 1. The highest BCUT2D eigenvalue weighted by atomic mass is 35.5. The fraction of sp³-hybridized carbons (Fsp3) is 0.312. The van der Waals surface area contributed by atoms with Crippen LogP contribution in [0.25, 0.3) is 0 Å². The van der Waals surface area contributed by atoms with E-state index in [0.29, 0.717) is 11.6 Å². The van der Waals surface area contributed by atoms with E-state index in [1.165, 1.54) is 11.3 Å². The molecule has 4 heteroatoms. The van der Waals surface area contributed by atoms with Gasteiger partial charge in [-0.05, 0) is 43.0 Å². The fourth-order valence-corrected chi connectivity index (χ4v) is 2.98. The van der Waals surface area contributed by atoms with Crippen molar-refractivity contribution in [3.05, 3.63) is 63.0 Å². The summed E-state index contributed by atoms with van der Waals surface area (Å²) < 4.78 is 1.90. The van der Waals surface area contributed by atoms with Gasteiger partial charge in [0.25, 0.3) is 5.56 Å². The molecular formula is C16H17ClN2O. The molecule has 0 radical (unpaired) electrons. The Hall–Kier alpha value is -1.74. The summed E-state index contributed by atoms with van der Waals surface area (Å²) in [7, 11) is 0. The van der Waals surface area contributed by atoms with Crippen molar-refractivity contribution >= 4 is 17.3 Å². The van der Waals surface area contributed by atoms with Gasteiger partial charge in [0.15, 0.2) is 0 Å². The maximum Gasteiger partial charge on any atom is 0.250 e. The summed E-state index contributed by atoms with van der Waals surface area (Å²) in [5, 5.41) is 4.02. The summed E-state index contributed by atoms with van der Waals surface area (Å²) in [6, 6.07) is 11.3. The van der Waals surface area contributed by atoms with Crippen LogP contribution in [0, 0.1) is 0 Å². The number of aromatic nitrogens is 1. The molecule has 3 rings (SSSR count). The van der Waals surface area contributed by atoms with Crippen LogP contribution in [0.4, 0.5) is 5.69 Å². The molecule has 1 aliphatic rings. The highest BCUT2D eigenvalue weighted by molar-refractivity contribution is 6.30. The molecule has 20 heavy (non-hydrogen) atoms. The number of anilines is 1. The lowest BCUT2D eigenvalue weighted by Crippen LogP contribution is -2.26. The number of nitrogens with zero attached hydrogens (tertiary/aromatic N) is 1. The third kappa shape index (κ3) is 2.73. The predicted molar refractivity (Wildman–Crippen MR) is 82.7 cm³/mol. The Morgan fingerprint density at radius 1 is 1.20 bits per heavy atom.